The molecule has 1 heterocycles. The Morgan fingerprint density at radius 1 is 1.27 bits per heavy atom. The van der Waals surface area contributed by atoms with Crippen LogP contribution in [0.3, 0.4) is 0 Å². The van der Waals surface area contributed by atoms with Gasteiger partial charge >= 0.3 is 0 Å². The van der Waals surface area contributed by atoms with Gasteiger partial charge in [-0.2, -0.15) is 0 Å². The van der Waals surface area contributed by atoms with Crippen LogP contribution >= 0.6 is 0 Å². The van der Waals surface area contributed by atoms with Crippen molar-refractivity contribution in [3.63, 3.8) is 0 Å². The highest BCUT2D eigenvalue weighted by Gasteiger charge is 2.36. The first-order chi connectivity index (χ1) is 10.7. The summed E-state index contributed by atoms with van der Waals surface area (Å²) < 4.78 is 16.5. The van der Waals surface area contributed by atoms with Gasteiger partial charge in [0.25, 0.3) is 5.69 Å². The van der Waals surface area contributed by atoms with Gasteiger partial charge in [-0.05, 0) is 6.07 Å². The van der Waals surface area contributed by atoms with Crippen LogP contribution in [-0.2, 0) is 4.74 Å². The summed E-state index contributed by atoms with van der Waals surface area (Å²) in [6, 6.07) is 5.00. The number of nitrogens with zero attached hydrogens (tertiary/aromatic N) is 2. The number of nitro groups is 1. The molecule has 0 unspecified atom stereocenters. The summed E-state index contributed by atoms with van der Waals surface area (Å²) in [5, 5.41) is 10.8. The van der Waals surface area contributed by atoms with Crippen molar-refractivity contribution in [3.8, 4) is 11.5 Å². The summed E-state index contributed by atoms with van der Waals surface area (Å²) in [5.41, 5.74) is 0.00371. The van der Waals surface area contributed by atoms with Gasteiger partial charge in [0, 0.05) is 38.0 Å². The third kappa shape index (κ3) is 3.15. The van der Waals surface area contributed by atoms with Crippen molar-refractivity contribution < 1.29 is 19.1 Å². The fourth-order valence-corrected chi connectivity index (χ4v) is 2.92. The predicted molar refractivity (Wildman–Crippen MR) is 79.5 cm³/mol. The third-order valence-electron chi connectivity index (χ3n) is 4.28. The maximum atomic E-state index is 10.8. The van der Waals surface area contributed by atoms with Gasteiger partial charge in [-0.1, -0.05) is 0 Å². The van der Waals surface area contributed by atoms with E-state index in [0.717, 1.165) is 39.1 Å². The standard InChI is InChI=1S/C15H20N2O5/c1-20-15-10-11(17(18)19)2-3-14(15)22-13-8-12(9-13)16-4-6-21-7-5-16/h2-3,10,12-13H,4-9H2,1H3. The average molecular weight is 308 g/mol. The molecule has 1 aromatic carbocycles. The van der Waals surface area contributed by atoms with Crippen LogP contribution in [0.25, 0.3) is 0 Å². The number of nitro benzene ring substituents is 1. The molecule has 0 bridgehead atoms. The Morgan fingerprint density at radius 3 is 2.64 bits per heavy atom. The second-order valence-corrected chi connectivity index (χ2v) is 5.61. The number of non-ortho nitro benzene ring substituents is 1. The van der Waals surface area contributed by atoms with Crippen molar-refractivity contribution in [1.29, 1.82) is 0 Å². The van der Waals surface area contributed by atoms with E-state index in [1.165, 1.54) is 19.2 Å². The molecule has 1 saturated heterocycles. The molecule has 1 aliphatic carbocycles. The van der Waals surface area contributed by atoms with Gasteiger partial charge in [-0.15, -0.1) is 0 Å². The molecule has 0 aromatic heterocycles. The fourth-order valence-electron chi connectivity index (χ4n) is 2.92. The van der Waals surface area contributed by atoms with Gasteiger partial charge in [0.15, 0.2) is 11.5 Å². The molecule has 2 aliphatic rings. The number of hydrogen-bond donors (Lipinski definition) is 0. The van der Waals surface area contributed by atoms with E-state index >= 15 is 0 Å². The molecule has 7 nitrogen and oxygen atoms in total. The van der Waals surface area contributed by atoms with Crippen molar-refractivity contribution in [3.05, 3.63) is 28.3 Å². The van der Waals surface area contributed by atoms with Crippen molar-refractivity contribution in [2.75, 3.05) is 33.4 Å². The fraction of sp³-hybridized carbons (Fsp3) is 0.600. The summed E-state index contributed by atoms with van der Waals surface area (Å²) in [7, 11) is 1.49. The molecular weight excluding hydrogens is 288 g/mol. The van der Waals surface area contributed by atoms with Gasteiger partial charge in [-0.3, -0.25) is 15.0 Å². The van der Waals surface area contributed by atoms with Crippen LogP contribution < -0.4 is 9.47 Å². The second-order valence-electron chi connectivity index (χ2n) is 5.61. The lowest BCUT2D eigenvalue weighted by atomic mass is 9.87. The normalized spacial score (nSPS) is 25.3. The zero-order chi connectivity index (χ0) is 15.5. The minimum atomic E-state index is -0.440. The average Bonchev–Trinajstić information content (AvgIpc) is 2.51. The van der Waals surface area contributed by atoms with Gasteiger partial charge in [0.1, 0.15) is 6.10 Å². The Labute approximate surface area is 128 Å². The molecule has 120 valence electrons. The molecule has 3 rings (SSSR count). The number of benzene rings is 1. The molecule has 0 atom stereocenters. The molecule has 7 heteroatoms. The van der Waals surface area contributed by atoms with Crippen molar-refractivity contribution in [1.82, 2.24) is 4.90 Å². The highest BCUT2D eigenvalue weighted by molar-refractivity contribution is 5.48. The predicted octanol–water partition coefficient (Wildman–Crippen LogP) is 1.85. The van der Waals surface area contributed by atoms with Crippen LogP contribution in [0, 0.1) is 10.1 Å². The molecular formula is C15H20N2O5. The number of hydrogen-bond acceptors (Lipinski definition) is 6. The Bertz CT molecular complexity index is 539. The largest absolute Gasteiger partial charge is 0.493 e. The van der Waals surface area contributed by atoms with E-state index in [2.05, 4.69) is 4.90 Å². The van der Waals surface area contributed by atoms with Crippen LogP contribution in [0.1, 0.15) is 12.8 Å². The van der Waals surface area contributed by atoms with E-state index in [4.69, 9.17) is 14.2 Å². The zero-order valence-electron chi connectivity index (χ0n) is 12.6. The maximum Gasteiger partial charge on any atom is 0.273 e. The van der Waals surface area contributed by atoms with Gasteiger partial charge in [0.05, 0.1) is 31.3 Å². The first-order valence-electron chi connectivity index (χ1n) is 7.48. The molecule has 1 aliphatic heterocycles. The van der Waals surface area contributed by atoms with Crippen LogP contribution in [-0.4, -0.2) is 55.4 Å². The number of ether oxygens (including phenoxy) is 3. The summed E-state index contributed by atoms with van der Waals surface area (Å²) >= 11 is 0. The number of methoxy groups -OCH3 is 1. The lowest BCUT2D eigenvalue weighted by molar-refractivity contribution is -0.385. The molecule has 0 radical (unpaired) electrons. The van der Waals surface area contributed by atoms with E-state index in [-0.39, 0.29) is 11.8 Å². The van der Waals surface area contributed by atoms with Crippen LogP contribution in [0.4, 0.5) is 5.69 Å². The Morgan fingerprint density at radius 2 is 2.00 bits per heavy atom. The summed E-state index contributed by atoms with van der Waals surface area (Å²) in [4.78, 5) is 12.8. The number of rotatable bonds is 5. The lowest BCUT2D eigenvalue weighted by Crippen LogP contribution is -2.52. The van der Waals surface area contributed by atoms with Crippen LogP contribution in [0.2, 0.25) is 0 Å². The maximum absolute atomic E-state index is 10.8. The van der Waals surface area contributed by atoms with E-state index in [1.807, 2.05) is 0 Å². The topological polar surface area (TPSA) is 74.1 Å². The summed E-state index contributed by atoms with van der Waals surface area (Å²) in [6.45, 7) is 3.58. The molecule has 0 spiro atoms. The molecule has 2 fully saturated rings. The SMILES string of the molecule is COc1cc([N+](=O)[O-])ccc1OC1CC(N2CCOCC2)C1. The molecule has 22 heavy (non-hydrogen) atoms. The first-order valence-corrected chi connectivity index (χ1v) is 7.48. The van der Waals surface area contributed by atoms with Gasteiger partial charge in [0.2, 0.25) is 0 Å². The quantitative estimate of drug-likeness (QED) is 0.610. The number of morpholine rings is 1. The Balaban J connectivity index is 1.57. The molecule has 0 amide bonds. The van der Waals surface area contributed by atoms with Crippen molar-refractivity contribution >= 4 is 5.69 Å². The van der Waals surface area contributed by atoms with Crippen molar-refractivity contribution in [2.24, 2.45) is 0 Å². The highest BCUT2D eigenvalue weighted by atomic mass is 16.6. The third-order valence-corrected chi connectivity index (χ3v) is 4.28. The Hall–Kier alpha value is -1.86. The van der Waals surface area contributed by atoms with E-state index in [0.29, 0.717) is 17.5 Å². The van der Waals surface area contributed by atoms with Gasteiger partial charge in [-0.25, -0.2) is 0 Å². The lowest BCUT2D eigenvalue weighted by Gasteiger charge is -2.44. The minimum Gasteiger partial charge on any atom is -0.493 e. The van der Waals surface area contributed by atoms with E-state index in [9.17, 15) is 10.1 Å². The van der Waals surface area contributed by atoms with Crippen molar-refractivity contribution in [2.45, 2.75) is 25.0 Å². The Kier molecular flexibility index (Phi) is 4.44. The van der Waals surface area contributed by atoms with Crippen LogP contribution in [0.15, 0.2) is 18.2 Å². The second kappa shape index (κ2) is 6.50. The van der Waals surface area contributed by atoms with E-state index < -0.39 is 4.92 Å². The molecule has 1 aromatic rings. The molecule has 1 saturated carbocycles. The zero-order valence-corrected chi connectivity index (χ0v) is 12.6. The summed E-state index contributed by atoms with van der Waals surface area (Å²) in [5.74, 6) is 0.975. The smallest absolute Gasteiger partial charge is 0.273 e. The van der Waals surface area contributed by atoms with Gasteiger partial charge < -0.3 is 14.2 Å². The van der Waals surface area contributed by atoms with Crippen LogP contribution in [0.5, 0.6) is 11.5 Å². The minimum absolute atomic E-state index is 0.00371. The van der Waals surface area contributed by atoms with E-state index in [1.54, 1.807) is 6.07 Å². The highest BCUT2D eigenvalue weighted by Crippen LogP contribution is 2.36. The molecule has 0 N–H and O–H groups in total. The monoisotopic (exact) mass is 308 g/mol. The first kappa shape index (κ1) is 15.1. The summed E-state index contributed by atoms with van der Waals surface area (Å²) in [6.07, 6.45) is 2.09.